The Bertz CT molecular complexity index is 649. The Balaban J connectivity index is 1.53. The van der Waals surface area contributed by atoms with Gasteiger partial charge in [-0.3, -0.25) is 9.59 Å². The van der Waals surface area contributed by atoms with Crippen molar-refractivity contribution in [3.63, 3.8) is 0 Å². The molecule has 2 atom stereocenters. The number of carbonyl (C=O) groups is 2. The minimum absolute atomic E-state index is 0.0194. The van der Waals surface area contributed by atoms with E-state index in [-0.39, 0.29) is 17.9 Å². The van der Waals surface area contributed by atoms with Crippen LogP contribution in [0.1, 0.15) is 43.5 Å². The molecule has 0 aliphatic carbocycles. The second-order valence-electron chi connectivity index (χ2n) is 7.93. The van der Waals surface area contributed by atoms with Crippen LogP contribution in [0.3, 0.4) is 0 Å². The fraction of sp³-hybridized carbons (Fsp3) is 0.619. The normalized spacial score (nSPS) is 23.6. The summed E-state index contributed by atoms with van der Waals surface area (Å²) < 4.78 is 11.4. The van der Waals surface area contributed by atoms with E-state index in [1.165, 1.54) is 0 Å². The number of carboxylic acid groups (broad SMARTS) is 1. The van der Waals surface area contributed by atoms with Gasteiger partial charge in [0.25, 0.3) is 5.91 Å². The summed E-state index contributed by atoms with van der Waals surface area (Å²) in [5.41, 5.74) is 0.658. The summed E-state index contributed by atoms with van der Waals surface area (Å²) in [5, 5.41) is 9.34. The molecule has 2 heterocycles. The fourth-order valence-corrected chi connectivity index (χ4v) is 3.91. The Morgan fingerprint density at radius 3 is 2.44 bits per heavy atom. The van der Waals surface area contributed by atoms with Crippen molar-refractivity contribution in [2.45, 2.75) is 39.2 Å². The summed E-state index contributed by atoms with van der Waals surface area (Å²) in [6.07, 6.45) is 1.95. The van der Waals surface area contributed by atoms with Gasteiger partial charge in [-0.05, 0) is 55.4 Å². The number of hydrogen-bond acceptors (Lipinski definition) is 4. The van der Waals surface area contributed by atoms with Gasteiger partial charge in [0.05, 0.1) is 18.6 Å². The number of aliphatic carboxylic acids is 1. The maximum Gasteiger partial charge on any atom is 0.309 e. The third-order valence-electron chi connectivity index (χ3n) is 5.43. The zero-order valence-corrected chi connectivity index (χ0v) is 16.1. The SMILES string of the molecule is CC(C)COc1ccc(C(=O)N2CCC([C@@H]3OCCC3C(=O)O)CC2)cc1. The Morgan fingerprint density at radius 2 is 1.85 bits per heavy atom. The van der Waals surface area contributed by atoms with E-state index in [9.17, 15) is 14.7 Å². The number of ether oxygens (including phenoxy) is 2. The number of benzene rings is 1. The molecule has 1 amide bonds. The van der Waals surface area contributed by atoms with Crippen molar-refractivity contribution in [2.24, 2.45) is 17.8 Å². The van der Waals surface area contributed by atoms with Gasteiger partial charge in [0.15, 0.2) is 0 Å². The van der Waals surface area contributed by atoms with Gasteiger partial charge in [-0.15, -0.1) is 0 Å². The molecular formula is C21H29NO5. The van der Waals surface area contributed by atoms with Gasteiger partial charge < -0.3 is 19.5 Å². The predicted molar refractivity (Wildman–Crippen MR) is 101 cm³/mol. The average Bonchev–Trinajstić information content (AvgIpc) is 3.16. The first-order valence-corrected chi connectivity index (χ1v) is 9.82. The molecule has 1 unspecified atom stereocenters. The number of piperidine rings is 1. The molecule has 0 radical (unpaired) electrons. The lowest BCUT2D eigenvalue weighted by atomic mass is 9.84. The summed E-state index contributed by atoms with van der Waals surface area (Å²) in [5.74, 6) is 0.288. The minimum atomic E-state index is -0.768. The third kappa shape index (κ3) is 4.80. The van der Waals surface area contributed by atoms with Gasteiger partial charge in [0, 0.05) is 25.3 Å². The number of carboxylic acids is 1. The van der Waals surface area contributed by atoms with Crippen LogP contribution < -0.4 is 4.74 Å². The molecule has 0 saturated carbocycles. The van der Waals surface area contributed by atoms with Gasteiger partial charge >= 0.3 is 5.97 Å². The van der Waals surface area contributed by atoms with E-state index in [2.05, 4.69) is 13.8 Å². The van der Waals surface area contributed by atoms with Crippen molar-refractivity contribution in [3.8, 4) is 5.75 Å². The van der Waals surface area contributed by atoms with Crippen LogP contribution in [0.25, 0.3) is 0 Å². The minimum Gasteiger partial charge on any atom is -0.493 e. The lowest BCUT2D eigenvalue weighted by molar-refractivity contribution is -0.145. The highest BCUT2D eigenvalue weighted by atomic mass is 16.5. The number of likely N-dealkylation sites (tertiary alicyclic amines) is 1. The number of amides is 1. The molecule has 0 spiro atoms. The van der Waals surface area contributed by atoms with Gasteiger partial charge in [0.1, 0.15) is 5.75 Å². The molecule has 0 aromatic heterocycles. The van der Waals surface area contributed by atoms with E-state index in [1.807, 2.05) is 29.2 Å². The molecule has 6 nitrogen and oxygen atoms in total. The van der Waals surface area contributed by atoms with Crippen molar-refractivity contribution >= 4 is 11.9 Å². The van der Waals surface area contributed by atoms with E-state index in [0.717, 1.165) is 18.6 Å². The summed E-state index contributed by atoms with van der Waals surface area (Å²) in [7, 11) is 0. The summed E-state index contributed by atoms with van der Waals surface area (Å²) in [6, 6.07) is 7.30. The molecule has 148 valence electrons. The van der Waals surface area contributed by atoms with Crippen molar-refractivity contribution in [1.82, 2.24) is 4.90 Å². The summed E-state index contributed by atoms with van der Waals surface area (Å²) in [4.78, 5) is 26.0. The smallest absolute Gasteiger partial charge is 0.309 e. The Hall–Kier alpha value is -2.08. The highest BCUT2D eigenvalue weighted by molar-refractivity contribution is 5.94. The maximum atomic E-state index is 12.7. The Labute approximate surface area is 160 Å². The van der Waals surface area contributed by atoms with E-state index in [4.69, 9.17) is 9.47 Å². The van der Waals surface area contributed by atoms with E-state index in [0.29, 0.717) is 44.2 Å². The standard InChI is InChI=1S/C21H29NO5/c1-14(2)13-27-17-5-3-16(4-6-17)20(23)22-10-7-15(8-11-22)19-18(21(24)25)9-12-26-19/h3-6,14-15,18-19H,7-13H2,1-2H3,(H,24,25)/t18?,19-/m0/s1. The van der Waals surface area contributed by atoms with Crippen LogP contribution in [0.4, 0.5) is 0 Å². The van der Waals surface area contributed by atoms with E-state index in [1.54, 1.807) is 0 Å². The number of carbonyl (C=O) groups excluding carboxylic acids is 1. The van der Waals surface area contributed by atoms with Crippen LogP contribution in [0, 0.1) is 17.8 Å². The van der Waals surface area contributed by atoms with Crippen LogP contribution >= 0.6 is 0 Å². The van der Waals surface area contributed by atoms with Crippen molar-refractivity contribution in [1.29, 1.82) is 0 Å². The molecule has 1 N–H and O–H groups in total. The highest BCUT2D eigenvalue weighted by Gasteiger charge is 2.40. The molecule has 1 aromatic carbocycles. The quantitative estimate of drug-likeness (QED) is 0.827. The predicted octanol–water partition coefficient (Wildman–Crippen LogP) is 3.06. The maximum absolute atomic E-state index is 12.7. The average molecular weight is 375 g/mol. The first-order chi connectivity index (χ1) is 13.0. The molecule has 2 aliphatic heterocycles. The lowest BCUT2D eigenvalue weighted by Crippen LogP contribution is -2.43. The molecular weight excluding hydrogens is 346 g/mol. The Kier molecular flexibility index (Phi) is 6.37. The van der Waals surface area contributed by atoms with E-state index < -0.39 is 11.9 Å². The topological polar surface area (TPSA) is 76.1 Å². The molecule has 1 aromatic rings. The largest absolute Gasteiger partial charge is 0.493 e. The first-order valence-electron chi connectivity index (χ1n) is 9.82. The Morgan fingerprint density at radius 1 is 1.19 bits per heavy atom. The van der Waals surface area contributed by atoms with Crippen LogP contribution in [-0.2, 0) is 9.53 Å². The van der Waals surface area contributed by atoms with Crippen LogP contribution in [0.2, 0.25) is 0 Å². The zero-order chi connectivity index (χ0) is 19.4. The molecule has 0 bridgehead atoms. The molecule has 2 saturated heterocycles. The number of nitrogens with zero attached hydrogens (tertiary/aromatic N) is 1. The molecule has 2 aliphatic rings. The van der Waals surface area contributed by atoms with Gasteiger partial charge in [-0.1, -0.05) is 13.8 Å². The third-order valence-corrected chi connectivity index (χ3v) is 5.43. The first kappa shape index (κ1) is 19.7. The zero-order valence-electron chi connectivity index (χ0n) is 16.1. The highest BCUT2D eigenvalue weighted by Crippen LogP contribution is 2.33. The number of hydrogen-bond donors (Lipinski definition) is 1. The van der Waals surface area contributed by atoms with Gasteiger partial charge in [-0.2, -0.15) is 0 Å². The molecule has 3 rings (SSSR count). The second-order valence-corrected chi connectivity index (χ2v) is 7.93. The second kappa shape index (κ2) is 8.74. The molecule has 27 heavy (non-hydrogen) atoms. The molecule has 6 heteroatoms. The van der Waals surface area contributed by atoms with Crippen LogP contribution in [0.15, 0.2) is 24.3 Å². The van der Waals surface area contributed by atoms with Crippen molar-refractivity contribution in [3.05, 3.63) is 29.8 Å². The summed E-state index contributed by atoms with van der Waals surface area (Å²) in [6.45, 7) is 6.64. The summed E-state index contributed by atoms with van der Waals surface area (Å²) >= 11 is 0. The van der Waals surface area contributed by atoms with Gasteiger partial charge in [0.2, 0.25) is 0 Å². The van der Waals surface area contributed by atoms with Crippen LogP contribution in [0.5, 0.6) is 5.75 Å². The molecule has 2 fully saturated rings. The van der Waals surface area contributed by atoms with E-state index >= 15 is 0 Å². The van der Waals surface area contributed by atoms with Crippen molar-refractivity contribution in [2.75, 3.05) is 26.3 Å². The van der Waals surface area contributed by atoms with Crippen molar-refractivity contribution < 1.29 is 24.2 Å². The lowest BCUT2D eigenvalue weighted by Gasteiger charge is -2.35. The monoisotopic (exact) mass is 375 g/mol. The van der Waals surface area contributed by atoms with Crippen LogP contribution in [-0.4, -0.2) is 54.3 Å². The van der Waals surface area contributed by atoms with Gasteiger partial charge in [-0.25, -0.2) is 0 Å². The number of rotatable bonds is 6. The fourth-order valence-electron chi connectivity index (χ4n) is 3.91.